The van der Waals surface area contributed by atoms with E-state index in [2.05, 4.69) is 10.1 Å². The van der Waals surface area contributed by atoms with Crippen molar-refractivity contribution in [1.82, 2.24) is 14.8 Å². The monoisotopic (exact) mass is 419 g/mol. The van der Waals surface area contributed by atoms with Crippen molar-refractivity contribution in [3.63, 3.8) is 0 Å². The van der Waals surface area contributed by atoms with Gasteiger partial charge in [0.2, 0.25) is 0 Å². The molecule has 0 N–H and O–H groups in total. The smallest absolute Gasteiger partial charge is 0.335 e. The molecule has 0 fully saturated rings. The van der Waals surface area contributed by atoms with Crippen molar-refractivity contribution >= 4 is 45.7 Å². The summed E-state index contributed by atoms with van der Waals surface area (Å²) in [5.41, 5.74) is 3.26. The molecule has 2 amide bonds. The molecule has 1 aliphatic rings. The van der Waals surface area contributed by atoms with Crippen molar-refractivity contribution < 1.29 is 9.53 Å². The van der Waals surface area contributed by atoms with Crippen LogP contribution in [0.1, 0.15) is 5.56 Å². The summed E-state index contributed by atoms with van der Waals surface area (Å²) >= 11 is 6.15. The molecule has 5 rings (SSSR count). The minimum absolute atomic E-state index is 0.203. The van der Waals surface area contributed by atoms with E-state index >= 15 is 0 Å². The Kier molecular flexibility index (Phi) is 4.33. The second-order valence-electron chi connectivity index (χ2n) is 7.06. The van der Waals surface area contributed by atoms with Crippen LogP contribution in [0.15, 0.2) is 60.8 Å². The van der Waals surface area contributed by atoms with Crippen LogP contribution in [0.2, 0.25) is 5.15 Å². The number of hydrogen-bond acceptors (Lipinski definition) is 4. The van der Waals surface area contributed by atoms with Crippen LogP contribution in [-0.2, 0) is 13.6 Å². The third-order valence-electron chi connectivity index (χ3n) is 5.13. The van der Waals surface area contributed by atoms with E-state index in [1.54, 1.807) is 27.7 Å². The SMILES string of the molecule is COc1ccc(N2C(=O)N(c3ccc4nn(C)cc4c3)Cc3ccc(Cl)nc32)cc1. The van der Waals surface area contributed by atoms with Crippen LogP contribution in [-0.4, -0.2) is 27.9 Å². The van der Waals surface area contributed by atoms with Gasteiger partial charge in [0.15, 0.2) is 0 Å². The van der Waals surface area contributed by atoms with Gasteiger partial charge in [0.05, 0.1) is 24.9 Å². The highest BCUT2D eigenvalue weighted by molar-refractivity contribution is 6.29. The average Bonchev–Trinajstić information content (AvgIpc) is 3.13. The van der Waals surface area contributed by atoms with Gasteiger partial charge in [-0.15, -0.1) is 0 Å². The maximum absolute atomic E-state index is 13.6. The number of methoxy groups -OCH3 is 1. The normalized spacial score (nSPS) is 13.6. The Morgan fingerprint density at radius 3 is 2.57 bits per heavy atom. The average molecular weight is 420 g/mol. The standard InChI is InChI=1S/C22H18ClN5O2/c1-26-12-15-11-17(6-9-19(15)25-26)27-13-14-3-10-20(23)24-21(14)28(22(27)29)16-4-7-18(30-2)8-5-16/h3-12H,13H2,1-2H3. The summed E-state index contributed by atoms with van der Waals surface area (Å²) < 4.78 is 7.01. The molecule has 0 saturated carbocycles. The summed E-state index contributed by atoms with van der Waals surface area (Å²) in [7, 11) is 3.48. The quantitative estimate of drug-likeness (QED) is 0.443. The minimum atomic E-state index is -0.203. The first kappa shape index (κ1) is 18.4. The number of carbonyl (C=O) groups is 1. The number of amides is 2. The van der Waals surface area contributed by atoms with Crippen LogP contribution in [0.4, 0.5) is 22.0 Å². The Hall–Kier alpha value is -3.58. The molecule has 4 aromatic rings. The molecule has 30 heavy (non-hydrogen) atoms. The maximum atomic E-state index is 13.6. The van der Waals surface area contributed by atoms with E-state index in [0.717, 1.165) is 22.2 Å². The van der Waals surface area contributed by atoms with E-state index in [4.69, 9.17) is 16.3 Å². The molecule has 2 aromatic heterocycles. The van der Waals surface area contributed by atoms with E-state index in [9.17, 15) is 4.79 Å². The molecule has 0 atom stereocenters. The number of aromatic nitrogens is 3. The number of rotatable bonds is 3. The molecule has 3 heterocycles. The zero-order valence-electron chi connectivity index (χ0n) is 16.4. The molecule has 150 valence electrons. The highest BCUT2D eigenvalue weighted by Gasteiger charge is 2.34. The molecule has 0 saturated heterocycles. The van der Waals surface area contributed by atoms with Gasteiger partial charge in [-0.05, 0) is 48.5 Å². The summed E-state index contributed by atoms with van der Waals surface area (Å²) in [5.74, 6) is 1.25. The number of aryl methyl sites for hydroxylation is 1. The number of halogens is 1. The number of carbonyl (C=O) groups excluding carboxylic acids is 1. The van der Waals surface area contributed by atoms with E-state index in [1.165, 1.54) is 0 Å². The lowest BCUT2D eigenvalue weighted by Crippen LogP contribution is -2.45. The lowest BCUT2D eigenvalue weighted by atomic mass is 10.1. The van der Waals surface area contributed by atoms with Crippen LogP contribution in [0.3, 0.4) is 0 Å². The number of benzene rings is 2. The molecule has 7 nitrogen and oxygen atoms in total. The highest BCUT2D eigenvalue weighted by Crippen LogP contribution is 2.37. The molecule has 2 aromatic carbocycles. The van der Waals surface area contributed by atoms with Gasteiger partial charge >= 0.3 is 6.03 Å². The Morgan fingerprint density at radius 1 is 1.03 bits per heavy atom. The summed E-state index contributed by atoms with van der Waals surface area (Å²) in [6.07, 6.45) is 1.93. The Labute approximate surface area is 178 Å². The topological polar surface area (TPSA) is 63.5 Å². The number of fused-ring (bicyclic) bond motifs is 2. The van der Waals surface area contributed by atoms with Gasteiger partial charge in [0.25, 0.3) is 0 Å². The zero-order chi connectivity index (χ0) is 20.8. The van der Waals surface area contributed by atoms with Gasteiger partial charge in [-0.2, -0.15) is 5.10 Å². The van der Waals surface area contributed by atoms with Crippen molar-refractivity contribution in [2.45, 2.75) is 6.54 Å². The van der Waals surface area contributed by atoms with Crippen LogP contribution < -0.4 is 14.5 Å². The summed E-state index contributed by atoms with van der Waals surface area (Å²) in [6.45, 7) is 0.400. The van der Waals surface area contributed by atoms with Gasteiger partial charge in [0.1, 0.15) is 16.7 Å². The number of urea groups is 1. The highest BCUT2D eigenvalue weighted by atomic mass is 35.5. The van der Waals surface area contributed by atoms with Crippen LogP contribution >= 0.6 is 11.6 Å². The number of hydrogen-bond donors (Lipinski definition) is 0. The summed E-state index contributed by atoms with van der Waals surface area (Å²) in [4.78, 5) is 21.4. The molecule has 0 spiro atoms. The van der Waals surface area contributed by atoms with Gasteiger partial charge < -0.3 is 4.74 Å². The third-order valence-corrected chi connectivity index (χ3v) is 5.34. The van der Waals surface area contributed by atoms with Gasteiger partial charge in [0, 0.05) is 29.9 Å². The van der Waals surface area contributed by atoms with Crippen LogP contribution in [0.25, 0.3) is 10.9 Å². The molecule has 1 aliphatic heterocycles. The Balaban J connectivity index is 1.63. The molecular weight excluding hydrogens is 402 g/mol. The Morgan fingerprint density at radius 2 is 1.80 bits per heavy atom. The predicted molar refractivity (Wildman–Crippen MR) is 117 cm³/mol. The van der Waals surface area contributed by atoms with Crippen molar-refractivity contribution in [3.05, 3.63) is 71.5 Å². The molecular formula is C22H18ClN5O2. The summed E-state index contributed by atoms with van der Waals surface area (Å²) in [6, 6.07) is 16.5. The first-order valence-corrected chi connectivity index (χ1v) is 9.76. The molecule has 0 unspecified atom stereocenters. The molecule has 0 radical (unpaired) electrons. The first-order valence-electron chi connectivity index (χ1n) is 9.38. The number of pyridine rings is 1. The van der Waals surface area contributed by atoms with Gasteiger partial charge in [-0.1, -0.05) is 17.7 Å². The number of nitrogens with zero attached hydrogens (tertiary/aromatic N) is 5. The number of anilines is 3. The van der Waals surface area contributed by atoms with Crippen molar-refractivity contribution in [1.29, 1.82) is 0 Å². The first-order chi connectivity index (χ1) is 14.5. The largest absolute Gasteiger partial charge is 0.497 e. The molecule has 0 bridgehead atoms. The lowest BCUT2D eigenvalue weighted by molar-refractivity contribution is 0.252. The van der Waals surface area contributed by atoms with Crippen molar-refractivity contribution in [3.8, 4) is 5.75 Å². The van der Waals surface area contributed by atoms with Gasteiger partial charge in [-0.25, -0.2) is 14.7 Å². The van der Waals surface area contributed by atoms with E-state index in [-0.39, 0.29) is 6.03 Å². The number of ether oxygens (including phenoxy) is 1. The fraction of sp³-hybridized carbons (Fsp3) is 0.136. The Bertz CT molecular complexity index is 1270. The summed E-state index contributed by atoms with van der Waals surface area (Å²) in [5, 5.41) is 5.72. The fourth-order valence-corrected chi connectivity index (χ4v) is 3.83. The minimum Gasteiger partial charge on any atom is -0.497 e. The second-order valence-corrected chi connectivity index (χ2v) is 7.45. The zero-order valence-corrected chi connectivity index (χ0v) is 17.2. The van der Waals surface area contributed by atoms with E-state index in [1.807, 2.05) is 61.8 Å². The van der Waals surface area contributed by atoms with E-state index < -0.39 is 0 Å². The predicted octanol–water partition coefficient (Wildman–Crippen LogP) is 4.91. The maximum Gasteiger partial charge on any atom is 0.335 e. The fourth-order valence-electron chi connectivity index (χ4n) is 3.69. The third kappa shape index (κ3) is 3.04. The van der Waals surface area contributed by atoms with Crippen molar-refractivity contribution in [2.24, 2.45) is 7.05 Å². The van der Waals surface area contributed by atoms with Crippen molar-refractivity contribution in [2.75, 3.05) is 16.9 Å². The molecule has 0 aliphatic carbocycles. The van der Waals surface area contributed by atoms with Crippen LogP contribution in [0, 0.1) is 0 Å². The lowest BCUT2D eigenvalue weighted by Gasteiger charge is -2.36. The molecule has 8 heteroatoms. The van der Waals surface area contributed by atoms with Gasteiger partial charge in [-0.3, -0.25) is 9.58 Å². The van der Waals surface area contributed by atoms with Crippen LogP contribution in [0.5, 0.6) is 5.75 Å². The van der Waals surface area contributed by atoms with E-state index in [0.29, 0.717) is 29.0 Å². The second kappa shape index (κ2) is 7.03.